The second-order valence-electron chi connectivity index (χ2n) is 7.02. The number of likely N-dealkylation sites (N-methyl/N-ethyl adjacent to an activating group) is 1. The smallest absolute Gasteiger partial charge is 0.326 e. The highest BCUT2D eigenvalue weighted by atomic mass is 16.5. The largest absolute Gasteiger partial charge is 0.468 e. The molecule has 2 unspecified atom stereocenters. The number of carbonyl (C=O) groups is 1. The van der Waals surface area contributed by atoms with Crippen LogP contribution in [0.3, 0.4) is 0 Å². The minimum atomic E-state index is -0.474. The van der Waals surface area contributed by atoms with Gasteiger partial charge in [-0.1, -0.05) is 19.3 Å². The van der Waals surface area contributed by atoms with Crippen molar-refractivity contribution < 1.29 is 9.53 Å². The van der Waals surface area contributed by atoms with Crippen LogP contribution in [0.2, 0.25) is 0 Å². The van der Waals surface area contributed by atoms with E-state index in [1.165, 1.54) is 52.2 Å². The van der Waals surface area contributed by atoms with E-state index in [0.29, 0.717) is 6.04 Å². The zero-order chi connectivity index (χ0) is 15.3. The SMILES string of the molecule is CNC1(C(=O)OC)CCCC(N(C)CC2CCCCC2)C1. The number of ether oxygens (including phenoxy) is 1. The van der Waals surface area contributed by atoms with Crippen LogP contribution in [0.25, 0.3) is 0 Å². The Morgan fingerprint density at radius 3 is 2.57 bits per heavy atom. The highest BCUT2D eigenvalue weighted by Crippen LogP contribution is 2.33. The van der Waals surface area contributed by atoms with Crippen molar-refractivity contribution in [1.82, 2.24) is 10.2 Å². The van der Waals surface area contributed by atoms with Crippen LogP contribution >= 0.6 is 0 Å². The highest BCUT2D eigenvalue weighted by molar-refractivity contribution is 5.81. The summed E-state index contributed by atoms with van der Waals surface area (Å²) in [7, 11) is 5.62. The molecule has 2 fully saturated rings. The second kappa shape index (κ2) is 7.59. The summed E-state index contributed by atoms with van der Waals surface area (Å²) in [5.74, 6) is 0.758. The summed E-state index contributed by atoms with van der Waals surface area (Å²) in [5.41, 5.74) is -0.474. The summed E-state index contributed by atoms with van der Waals surface area (Å²) >= 11 is 0. The zero-order valence-electron chi connectivity index (χ0n) is 14.0. The zero-order valence-corrected chi connectivity index (χ0v) is 14.0. The van der Waals surface area contributed by atoms with Gasteiger partial charge in [0, 0.05) is 12.6 Å². The molecule has 0 bridgehead atoms. The van der Waals surface area contributed by atoms with Crippen molar-refractivity contribution in [3.8, 4) is 0 Å². The van der Waals surface area contributed by atoms with Gasteiger partial charge in [0.05, 0.1) is 7.11 Å². The maximum atomic E-state index is 12.2. The second-order valence-corrected chi connectivity index (χ2v) is 7.02. The normalized spacial score (nSPS) is 31.3. The van der Waals surface area contributed by atoms with E-state index in [9.17, 15) is 4.79 Å². The molecular formula is C17H32N2O2. The lowest BCUT2D eigenvalue weighted by atomic mass is 9.78. The van der Waals surface area contributed by atoms with E-state index in [1.54, 1.807) is 0 Å². The van der Waals surface area contributed by atoms with Gasteiger partial charge in [-0.05, 0) is 58.5 Å². The molecule has 2 saturated carbocycles. The lowest BCUT2D eigenvalue weighted by molar-refractivity contribution is -0.151. The molecule has 0 aromatic carbocycles. The Labute approximate surface area is 129 Å². The number of methoxy groups -OCH3 is 1. The fourth-order valence-corrected chi connectivity index (χ4v) is 4.26. The van der Waals surface area contributed by atoms with Crippen molar-refractivity contribution in [2.75, 3.05) is 27.7 Å². The Morgan fingerprint density at radius 2 is 1.95 bits per heavy atom. The number of carbonyl (C=O) groups excluding carboxylic acids is 1. The lowest BCUT2D eigenvalue weighted by Crippen LogP contribution is -2.57. The lowest BCUT2D eigenvalue weighted by Gasteiger charge is -2.42. The summed E-state index contributed by atoms with van der Waals surface area (Å²) in [5, 5.41) is 3.26. The van der Waals surface area contributed by atoms with Gasteiger partial charge in [0.25, 0.3) is 0 Å². The molecule has 0 spiro atoms. The molecule has 122 valence electrons. The number of esters is 1. The van der Waals surface area contributed by atoms with E-state index in [-0.39, 0.29) is 5.97 Å². The first-order chi connectivity index (χ1) is 10.1. The molecule has 4 nitrogen and oxygen atoms in total. The van der Waals surface area contributed by atoms with Gasteiger partial charge in [-0.15, -0.1) is 0 Å². The third-order valence-electron chi connectivity index (χ3n) is 5.67. The van der Waals surface area contributed by atoms with Crippen LogP contribution in [0, 0.1) is 5.92 Å². The third-order valence-corrected chi connectivity index (χ3v) is 5.67. The molecule has 2 rings (SSSR count). The van der Waals surface area contributed by atoms with Gasteiger partial charge in [-0.25, -0.2) is 0 Å². The van der Waals surface area contributed by atoms with E-state index in [4.69, 9.17) is 4.74 Å². The Bertz CT molecular complexity index is 342. The number of hydrogen-bond acceptors (Lipinski definition) is 4. The Morgan fingerprint density at radius 1 is 1.24 bits per heavy atom. The first kappa shape index (κ1) is 16.8. The molecule has 0 heterocycles. The van der Waals surface area contributed by atoms with Crippen LogP contribution < -0.4 is 5.32 Å². The van der Waals surface area contributed by atoms with Gasteiger partial charge in [-0.2, -0.15) is 0 Å². The van der Waals surface area contributed by atoms with Crippen molar-refractivity contribution in [2.45, 2.75) is 69.4 Å². The summed E-state index contributed by atoms with van der Waals surface area (Å²) < 4.78 is 5.04. The molecule has 0 amide bonds. The van der Waals surface area contributed by atoms with Gasteiger partial charge in [0.15, 0.2) is 0 Å². The van der Waals surface area contributed by atoms with Gasteiger partial charge < -0.3 is 15.0 Å². The highest BCUT2D eigenvalue weighted by Gasteiger charge is 2.43. The van der Waals surface area contributed by atoms with Crippen LogP contribution in [-0.2, 0) is 9.53 Å². The molecule has 0 radical (unpaired) electrons. The summed E-state index contributed by atoms with van der Waals surface area (Å²) in [6, 6.07) is 0.493. The molecule has 0 saturated heterocycles. The molecule has 1 N–H and O–H groups in total. The van der Waals surface area contributed by atoms with E-state index in [0.717, 1.165) is 25.2 Å². The Hall–Kier alpha value is -0.610. The molecule has 2 aliphatic rings. The van der Waals surface area contributed by atoms with Gasteiger partial charge in [0.1, 0.15) is 5.54 Å². The minimum absolute atomic E-state index is 0.0965. The molecule has 21 heavy (non-hydrogen) atoms. The summed E-state index contributed by atoms with van der Waals surface area (Å²) in [4.78, 5) is 14.7. The van der Waals surface area contributed by atoms with Crippen molar-refractivity contribution in [1.29, 1.82) is 0 Å². The monoisotopic (exact) mass is 296 g/mol. The van der Waals surface area contributed by atoms with E-state index in [2.05, 4.69) is 17.3 Å². The summed E-state index contributed by atoms with van der Waals surface area (Å²) in [6.45, 7) is 1.19. The van der Waals surface area contributed by atoms with Crippen molar-refractivity contribution in [3.05, 3.63) is 0 Å². The summed E-state index contributed by atoms with van der Waals surface area (Å²) in [6.07, 6.45) is 11.0. The predicted octanol–water partition coefficient (Wildman–Crippen LogP) is 2.57. The van der Waals surface area contributed by atoms with Gasteiger partial charge >= 0.3 is 5.97 Å². The standard InChI is InChI=1S/C17H32N2O2/c1-18-17(16(20)21-3)11-7-10-15(12-17)19(2)13-14-8-5-4-6-9-14/h14-15,18H,4-13H2,1-3H3. The molecule has 0 aromatic heterocycles. The van der Waals surface area contributed by atoms with Crippen LogP contribution in [0.1, 0.15) is 57.8 Å². The first-order valence-corrected chi connectivity index (χ1v) is 8.59. The molecule has 2 aliphatic carbocycles. The number of hydrogen-bond donors (Lipinski definition) is 1. The van der Waals surface area contributed by atoms with Crippen LogP contribution in [-0.4, -0.2) is 50.2 Å². The van der Waals surface area contributed by atoms with Gasteiger partial charge in [-0.3, -0.25) is 4.79 Å². The maximum Gasteiger partial charge on any atom is 0.326 e. The first-order valence-electron chi connectivity index (χ1n) is 8.59. The molecule has 2 atom stereocenters. The molecule has 4 heteroatoms. The van der Waals surface area contributed by atoms with Crippen LogP contribution in [0.5, 0.6) is 0 Å². The predicted molar refractivity (Wildman–Crippen MR) is 85.3 cm³/mol. The van der Waals surface area contributed by atoms with Gasteiger partial charge in [0.2, 0.25) is 0 Å². The quantitative estimate of drug-likeness (QED) is 0.792. The van der Waals surface area contributed by atoms with E-state index in [1.807, 2.05) is 7.05 Å². The number of rotatable bonds is 5. The topological polar surface area (TPSA) is 41.6 Å². The fraction of sp³-hybridized carbons (Fsp3) is 0.941. The number of nitrogens with zero attached hydrogens (tertiary/aromatic N) is 1. The number of nitrogens with one attached hydrogen (secondary N) is 1. The Kier molecular flexibility index (Phi) is 6.06. The average molecular weight is 296 g/mol. The molecule has 0 aromatic rings. The van der Waals surface area contributed by atoms with Crippen molar-refractivity contribution >= 4 is 5.97 Å². The molecular weight excluding hydrogens is 264 g/mol. The van der Waals surface area contributed by atoms with Crippen molar-refractivity contribution in [2.24, 2.45) is 5.92 Å². The van der Waals surface area contributed by atoms with Crippen LogP contribution in [0.4, 0.5) is 0 Å². The van der Waals surface area contributed by atoms with E-state index < -0.39 is 5.54 Å². The minimum Gasteiger partial charge on any atom is -0.468 e. The maximum absolute atomic E-state index is 12.2. The van der Waals surface area contributed by atoms with E-state index >= 15 is 0 Å². The molecule has 0 aliphatic heterocycles. The fourth-order valence-electron chi connectivity index (χ4n) is 4.26. The average Bonchev–Trinajstić information content (AvgIpc) is 2.55. The van der Waals surface area contributed by atoms with Crippen LogP contribution in [0.15, 0.2) is 0 Å². The van der Waals surface area contributed by atoms with Crippen molar-refractivity contribution in [3.63, 3.8) is 0 Å². The third kappa shape index (κ3) is 3.98. The Balaban J connectivity index is 1.94.